The van der Waals surface area contributed by atoms with E-state index in [1.165, 1.54) is 23.2 Å². The molecule has 4 N–H and O–H groups in total. The highest BCUT2D eigenvalue weighted by Crippen LogP contribution is 2.29. The van der Waals surface area contributed by atoms with Gasteiger partial charge in [-0.3, -0.25) is 14.1 Å². The van der Waals surface area contributed by atoms with Crippen LogP contribution in [0.1, 0.15) is 28.8 Å². The molecule has 0 bridgehead atoms. The lowest BCUT2D eigenvalue weighted by Crippen LogP contribution is -2.40. The molecule has 1 aromatic heterocycles. The third-order valence-corrected chi connectivity index (χ3v) is 7.86. The predicted octanol–water partition coefficient (Wildman–Crippen LogP) is 4.84. The second-order valence-electron chi connectivity index (χ2n) is 9.59. The average molecular weight is 584 g/mol. The van der Waals surface area contributed by atoms with Crippen LogP contribution >= 0.6 is 0 Å². The number of hydrogen-bond donors (Lipinski definition) is 4. The van der Waals surface area contributed by atoms with Gasteiger partial charge in [-0.05, 0) is 54.3 Å². The number of amides is 3. The first-order valence-corrected chi connectivity index (χ1v) is 14.4. The summed E-state index contributed by atoms with van der Waals surface area (Å²) in [4.78, 5) is 43.1. The number of nitrogens with zero attached hydrogens (tertiary/aromatic N) is 2. The second kappa shape index (κ2) is 11.7. The average Bonchev–Trinajstić information content (AvgIpc) is 3.43. The number of H-pyrrole nitrogens is 1. The molecule has 5 rings (SSSR count). The molecule has 3 amide bonds. The first-order valence-electron chi connectivity index (χ1n) is 12.9. The van der Waals surface area contributed by atoms with Gasteiger partial charge in [-0.2, -0.15) is 13.7 Å². The fourth-order valence-corrected chi connectivity index (χ4v) is 5.36. The minimum Gasteiger partial charge on any atom is -0.359 e. The number of aromatic amines is 1. The Morgan fingerprint density at radius 3 is 2.24 bits per heavy atom. The smallest absolute Gasteiger partial charge is 0.323 e. The van der Waals surface area contributed by atoms with Crippen LogP contribution in [0.4, 0.5) is 16.2 Å². The van der Waals surface area contributed by atoms with Gasteiger partial charge in [-0.15, -0.1) is 0 Å². The van der Waals surface area contributed by atoms with Gasteiger partial charge in [0.2, 0.25) is 0 Å². The number of carbonyl (C=O) groups is 3. The van der Waals surface area contributed by atoms with Crippen molar-refractivity contribution in [1.29, 1.82) is 5.26 Å². The highest BCUT2D eigenvalue weighted by Gasteiger charge is 2.29. The Morgan fingerprint density at radius 1 is 0.905 bits per heavy atom. The Bertz CT molecular complexity index is 1860. The number of hydrogen-bond acceptors (Lipinski definition) is 6. The summed E-state index contributed by atoms with van der Waals surface area (Å²) < 4.78 is 31.5. The molecule has 2 heterocycles. The van der Waals surface area contributed by atoms with Gasteiger partial charge in [0, 0.05) is 30.4 Å². The van der Waals surface area contributed by atoms with Crippen molar-refractivity contribution in [2.45, 2.75) is 17.7 Å². The first-order chi connectivity index (χ1) is 20.2. The molecule has 3 aromatic carbocycles. The zero-order valence-corrected chi connectivity index (χ0v) is 22.9. The summed E-state index contributed by atoms with van der Waals surface area (Å²) in [6.07, 6.45) is 2.42. The summed E-state index contributed by atoms with van der Waals surface area (Å²) in [5.41, 5.74) is 3.63. The van der Waals surface area contributed by atoms with Crippen LogP contribution in [0.5, 0.6) is 0 Å². The number of anilines is 2. The minimum atomic E-state index is -4.36. The largest absolute Gasteiger partial charge is 0.359 e. The van der Waals surface area contributed by atoms with E-state index in [4.69, 9.17) is 4.55 Å². The molecule has 12 heteroatoms. The number of nitriles is 1. The number of para-hydroxylation sites is 1. The molecular weight excluding hydrogens is 558 g/mol. The Balaban J connectivity index is 1.27. The quantitative estimate of drug-likeness (QED) is 0.109. The van der Waals surface area contributed by atoms with E-state index >= 15 is 0 Å². The molecule has 1 fully saturated rings. The summed E-state index contributed by atoms with van der Waals surface area (Å²) in [5, 5.41) is 15.4. The van der Waals surface area contributed by atoms with Gasteiger partial charge in [0.1, 0.15) is 0 Å². The number of piperidine rings is 1. The van der Waals surface area contributed by atoms with Crippen molar-refractivity contribution in [2.75, 3.05) is 23.7 Å². The van der Waals surface area contributed by atoms with E-state index < -0.39 is 27.8 Å². The van der Waals surface area contributed by atoms with E-state index in [1.807, 2.05) is 30.3 Å². The number of ketones is 1. The number of urea groups is 1. The molecule has 0 aliphatic carbocycles. The van der Waals surface area contributed by atoms with Gasteiger partial charge >= 0.3 is 6.03 Å². The lowest BCUT2D eigenvalue weighted by atomic mass is 9.93. The van der Waals surface area contributed by atoms with Crippen molar-refractivity contribution >= 4 is 55.7 Å². The van der Waals surface area contributed by atoms with Crippen LogP contribution in [-0.4, -0.2) is 53.7 Å². The molecule has 11 nitrogen and oxygen atoms in total. The van der Waals surface area contributed by atoms with Crippen molar-refractivity contribution in [1.82, 2.24) is 9.88 Å². The van der Waals surface area contributed by atoms with Gasteiger partial charge in [-0.1, -0.05) is 42.5 Å². The predicted molar refractivity (Wildman–Crippen MR) is 156 cm³/mol. The summed E-state index contributed by atoms with van der Waals surface area (Å²) >= 11 is 0. The lowest BCUT2D eigenvalue weighted by Gasteiger charge is -2.28. The Morgan fingerprint density at radius 2 is 1.60 bits per heavy atom. The molecule has 4 aromatic rings. The number of benzene rings is 3. The van der Waals surface area contributed by atoms with E-state index in [0.717, 1.165) is 23.3 Å². The highest BCUT2D eigenvalue weighted by molar-refractivity contribution is 7.85. The maximum Gasteiger partial charge on any atom is 0.323 e. The number of Topliss-reactive ketones (excluding diaryl/α,β-unsaturated/α-hetero) is 1. The monoisotopic (exact) mass is 583 g/mol. The molecule has 0 saturated carbocycles. The molecule has 1 saturated heterocycles. The number of rotatable bonds is 6. The molecule has 42 heavy (non-hydrogen) atoms. The van der Waals surface area contributed by atoms with Crippen molar-refractivity contribution in [3.63, 3.8) is 0 Å². The fourth-order valence-electron chi connectivity index (χ4n) is 4.88. The standard InChI is InChI=1S/C30H25N5O6S/c31-17-24(19-5-2-1-3-6-19)20-13-15-35(16-14-20)29(37)28(36)25-18-32-27-23(25)7-4-8-26(27)34-30(38)33-21-9-11-22(12-10-21)42(39,40)41/h1-12,18,32H,13-16H2,(H2,33,34,38)(H,39,40,41). The Labute approximate surface area is 241 Å². The third kappa shape index (κ3) is 5.92. The molecule has 1 aliphatic rings. The molecule has 0 unspecified atom stereocenters. The summed E-state index contributed by atoms with van der Waals surface area (Å²) in [6.45, 7) is 0.636. The molecule has 0 atom stereocenters. The van der Waals surface area contributed by atoms with E-state index in [1.54, 1.807) is 18.2 Å². The van der Waals surface area contributed by atoms with Gasteiger partial charge < -0.3 is 20.5 Å². The Kier molecular flexibility index (Phi) is 7.88. The van der Waals surface area contributed by atoms with Crippen molar-refractivity contribution < 1.29 is 27.4 Å². The minimum absolute atomic E-state index is 0.170. The summed E-state index contributed by atoms with van der Waals surface area (Å²) in [6, 6.07) is 20.9. The maximum absolute atomic E-state index is 13.2. The maximum atomic E-state index is 13.2. The molecule has 0 radical (unpaired) electrons. The highest BCUT2D eigenvalue weighted by atomic mass is 32.2. The first kappa shape index (κ1) is 28.3. The normalized spacial score (nSPS) is 13.3. The summed E-state index contributed by atoms with van der Waals surface area (Å²) in [7, 11) is -4.36. The second-order valence-corrected chi connectivity index (χ2v) is 11.0. The molecule has 1 aliphatic heterocycles. The van der Waals surface area contributed by atoms with Crippen LogP contribution < -0.4 is 10.6 Å². The number of nitrogens with one attached hydrogen (secondary N) is 3. The van der Waals surface area contributed by atoms with Crippen LogP contribution in [0, 0.1) is 11.3 Å². The molecular formula is C30H25N5O6S. The zero-order valence-electron chi connectivity index (χ0n) is 22.1. The number of likely N-dealkylation sites (tertiary alicyclic amines) is 1. The lowest BCUT2D eigenvalue weighted by molar-refractivity contribution is -0.126. The number of aromatic nitrogens is 1. The van der Waals surface area contributed by atoms with E-state index in [-0.39, 0.29) is 16.1 Å². The van der Waals surface area contributed by atoms with Gasteiger partial charge in [0.15, 0.2) is 0 Å². The van der Waals surface area contributed by atoms with Gasteiger partial charge in [-0.25, -0.2) is 4.79 Å². The number of allylic oxidation sites excluding steroid dienone is 1. The SMILES string of the molecule is N#CC(=C1CCN(C(=O)C(=O)c2c[nH]c3c(NC(=O)Nc4ccc(S(=O)(=O)O)cc4)cccc23)CC1)c1ccccc1. The number of carbonyl (C=O) groups excluding carboxylic acids is 3. The van der Waals surface area contributed by atoms with Crippen molar-refractivity contribution in [2.24, 2.45) is 0 Å². The summed E-state index contributed by atoms with van der Waals surface area (Å²) in [5.74, 6) is -1.32. The van der Waals surface area contributed by atoms with Gasteiger partial charge in [0.25, 0.3) is 21.8 Å². The van der Waals surface area contributed by atoms with Crippen LogP contribution in [0.2, 0.25) is 0 Å². The Hall–Kier alpha value is -5.25. The van der Waals surface area contributed by atoms with E-state index in [2.05, 4.69) is 21.7 Å². The zero-order chi connectivity index (χ0) is 29.9. The number of fused-ring (bicyclic) bond motifs is 1. The van der Waals surface area contributed by atoms with E-state index in [9.17, 15) is 28.1 Å². The molecule has 212 valence electrons. The third-order valence-electron chi connectivity index (χ3n) is 6.99. The fraction of sp³-hybridized carbons (Fsp3) is 0.133. The van der Waals surface area contributed by atoms with Crippen LogP contribution in [0.25, 0.3) is 16.5 Å². The van der Waals surface area contributed by atoms with Crippen LogP contribution in [0.3, 0.4) is 0 Å². The van der Waals surface area contributed by atoms with Gasteiger partial charge in [0.05, 0.1) is 33.3 Å². The van der Waals surface area contributed by atoms with E-state index in [0.29, 0.717) is 48.1 Å². The van der Waals surface area contributed by atoms with Crippen LogP contribution in [-0.2, 0) is 14.9 Å². The van der Waals surface area contributed by atoms with Crippen molar-refractivity contribution in [3.8, 4) is 6.07 Å². The van der Waals surface area contributed by atoms with Crippen molar-refractivity contribution in [3.05, 3.63) is 95.7 Å². The molecule has 0 spiro atoms. The topological polar surface area (TPSA) is 172 Å². The van der Waals surface area contributed by atoms with Crippen LogP contribution in [0.15, 0.2) is 89.5 Å².